The molecule has 1 heterocycles. The fourth-order valence-corrected chi connectivity index (χ4v) is 1.75. The number of benzene rings is 1. The fraction of sp³-hybridized carbons (Fsp3) is 0.200. The van der Waals surface area contributed by atoms with Crippen molar-refractivity contribution in [2.75, 3.05) is 7.11 Å². The van der Waals surface area contributed by atoms with Crippen LogP contribution < -0.4 is 15.8 Å². The van der Waals surface area contributed by atoms with Crippen LogP contribution in [0.5, 0.6) is 5.88 Å². The normalized spacial score (nSPS) is 11.7. The van der Waals surface area contributed by atoms with E-state index in [0.29, 0.717) is 12.4 Å². The molecule has 0 spiro atoms. The second-order valence-corrected chi connectivity index (χ2v) is 4.31. The topological polar surface area (TPSA) is 77.2 Å². The average molecular weight is 271 g/mol. The number of nitrogens with one attached hydrogen (secondary N) is 1. The molecule has 0 aliphatic rings. The molecule has 1 aromatic heterocycles. The second-order valence-electron chi connectivity index (χ2n) is 4.31. The Hall–Kier alpha value is -2.40. The summed E-state index contributed by atoms with van der Waals surface area (Å²) in [4.78, 5) is 16.0. The van der Waals surface area contributed by atoms with Crippen LogP contribution in [0.3, 0.4) is 0 Å². The first-order chi connectivity index (χ1) is 9.70. The monoisotopic (exact) mass is 271 g/mol. The van der Waals surface area contributed by atoms with Crippen molar-refractivity contribution in [3.05, 3.63) is 59.8 Å². The van der Waals surface area contributed by atoms with Crippen LogP contribution >= 0.6 is 0 Å². The van der Waals surface area contributed by atoms with Crippen molar-refractivity contribution >= 4 is 5.91 Å². The van der Waals surface area contributed by atoms with Gasteiger partial charge in [-0.05, 0) is 11.1 Å². The SMILES string of the molecule is COc1ccc(CNC(=O)C(N)c2ccccc2)cn1. The van der Waals surface area contributed by atoms with Crippen molar-refractivity contribution in [3.63, 3.8) is 0 Å². The molecule has 0 radical (unpaired) electrons. The molecule has 104 valence electrons. The number of carbonyl (C=O) groups excluding carboxylic acids is 1. The molecule has 5 nitrogen and oxygen atoms in total. The van der Waals surface area contributed by atoms with Crippen molar-refractivity contribution < 1.29 is 9.53 Å². The quantitative estimate of drug-likeness (QED) is 0.862. The number of nitrogens with two attached hydrogens (primary N) is 1. The molecular formula is C15H17N3O2. The molecule has 2 rings (SSSR count). The molecule has 0 bridgehead atoms. The molecule has 2 aromatic rings. The van der Waals surface area contributed by atoms with Crippen LogP contribution in [0.2, 0.25) is 0 Å². The highest BCUT2D eigenvalue weighted by Gasteiger charge is 2.14. The largest absolute Gasteiger partial charge is 0.481 e. The molecule has 20 heavy (non-hydrogen) atoms. The van der Waals surface area contributed by atoms with E-state index < -0.39 is 6.04 Å². The highest BCUT2D eigenvalue weighted by molar-refractivity contribution is 5.82. The molecule has 1 atom stereocenters. The van der Waals surface area contributed by atoms with E-state index >= 15 is 0 Å². The Morgan fingerprint density at radius 3 is 2.65 bits per heavy atom. The molecule has 1 unspecified atom stereocenters. The summed E-state index contributed by atoms with van der Waals surface area (Å²) in [5.74, 6) is 0.327. The lowest BCUT2D eigenvalue weighted by Crippen LogP contribution is -2.33. The Morgan fingerprint density at radius 1 is 1.30 bits per heavy atom. The third kappa shape index (κ3) is 3.55. The molecule has 0 aliphatic heterocycles. The van der Waals surface area contributed by atoms with Crippen LogP contribution in [-0.4, -0.2) is 18.0 Å². The minimum absolute atomic E-state index is 0.216. The van der Waals surface area contributed by atoms with Crippen LogP contribution in [0, 0.1) is 0 Å². The number of hydrogen-bond donors (Lipinski definition) is 2. The van der Waals surface area contributed by atoms with Crippen molar-refractivity contribution in [1.29, 1.82) is 0 Å². The number of hydrogen-bond acceptors (Lipinski definition) is 4. The van der Waals surface area contributed by atoms with E-state index in [9.17, 15) is 4.79 Å². The lowest BCUT2D eigenvalue weighted by molar-refractivity contribution is -0.122. The zero-order valence-electron chi connectivity index (χ0n) is 11.2. The molecule has 3 N–H and O–H groups in total. The lowest BCUT2D eigenvalue weighted by Gasteiger charge is -2.12. The highest BCUT2D eigenvalue weighted by atomic mass is 16.5. The fourth-order valence-electron chi connectivity index (χ4n) is 1.75. The number of pyridine rings is 1. The Morgan fingerprint density at radius 2 is 2.05 bits per heavy atom. The molecule has 0 fully saturated rings. The highest BCUT2D eigenvalue weighted by Crippen LogP contribution is 2.10. The summed E-state index contributed by atoms with van der Waals surface area (Å²) >= 11 is 0. The number of carbonyl (C=O) groups is 1. The van der Waals surface area contributed by atoms with Gasteiger partial charge in [-0.15, -0.1) is 0 Å². The van der Waals surface area contributed by atoms with Crippen molar-refractivity contribution in [3.8, 4) is 5.88 Å². The first kappa shape index (κ1) is 14.0. The maximum atomic E-state index is 12.0. The lowest BCUT2D eigenvalue weighted by atomic mass is 10.1. The van der Waals surface area contributed by atoms with Gasteiger partial charge in [-0.3, -0.25) is 4.79 Å². The van der Waals surface area contributed by atoms with Gasteiger partial charge in [0.2, 0.25) is 11.8 Å². The summed E-state index contributed by atoms with van der Waals surface area (Å²) < 4.78 is 4.97. The maximum absolute atomic E-state index is 12.0. The van der Waals surface area contributed by atoms with E-state index in [0.717, 1.165) is 11.1 Å². The van der Waals surface area contributed by atoms with Gasteiger partial charge in [0, 0.05) is 18.8 Å². The first-order valence-corrected chi connectivity index (χ1v) is 6.28. The van der Waals surface area contributed by atoms with Crippen LogP contribution in [0.15, 0.2) is 48.7 Å². The predicted molar refractivity (Wildman–Crippen MR) is 76.0 cm³/mol. The number of aromatic nitrogens is 1. The summed E-state index contributed by atoms with van der Waals surface area (Å²) in [5.41, 5.74) is 7.58. The smallest absolute Gasteiger partial charge is 0.241 e. The van der Waals surface area contributed by atoms with Crippen LogP contribution in [0.1, 0.15) is 17.2 Å². The van der Waals surface area contributed by atoms with E-state index in [1.165, 1.54) is 0 Å². The minimum atomic E-state index is -0.664. The third-order valence-corrected chi connectivity index (χ3v) is 2.91. The van der Waals surface area contributed by atoms with Gasteiger partial charge >= 0.3 is 0 Å². The molecular weight excluding hydrogens is 254 g/mol. The number of nitrogens with zero attached hydrogens (tertiary/aromatic N) is 1. The molecule has 5 heteroatoms. The van der Waals surface area contributed by atoms with E-state index in [2.05, 4.69) is 10.3 Å². The number of rotatable bonds is 5. The van der Waals surface area contributed by atoms with Gasteiger partial charge in [-0.1, -0.05) is 36.4 Å². The Kier molecular flexibility index (Phi) is 4.68. The van der Waals surface area contributed by atoms with E-state index in [1.807, 2.05) is 36.4 Å². The summed E-state index contributed by atoms with van der Waals surface area (Å²) in [6, 6.07) is 12.2. The predicted octanol–water partition coefficient (Wildman–Crippen LogP) is 1.41. The van der Waals surface area contributed by atoms with Gasteiger partial charge in [-0.2, -0.15) is 0 Å². The Labute approximate surface area is 117 Å². The number of amides is 1. The van der Waals surface area contributed by atoms with Gasteiger partial charge in [0.05, 0.1) is 7.11 Å². The maximum Gasteiger partial charge on any atom is 0.241 e. The summed E-state index contributed by atoms with van der Waals surface area (Å²) in [7, 11) is 1.56. The number of ether oxygens (including phenoxy) is 1. The van der Waals surface area contributed by atoms with Crippen molar-refractivity contribution in [2.24, 2.45) is 5.73 Å². The van der Waals surface area contributed by atoms with Gasteiger partial charge in [0.25, 0.3) is 0 Å². The van der Waals surface area contributed by atoms with Gasteiger partial charge < -0.3 is 15.8 Å². The second kappa shape index (κ2) is 6.68. The molecule has 0 saturated heterocycles. The third-order valence-electron chi connectivity index (χ3n) is 2.91. The Balaban J connectivity index is 1.91. The summed E-state index contributed by atoms with van der Waals surface area (Å²) in [5, 5.41) is 2.79. The molecule has 1 amide bonds. The van der Waals surface area contributed by atoms with Crippen molar-refractivity contribution in [1.82, 2.24) is 10.3 Å². The Bertz CT molecular complexity index is 555. The van der Waals surface area contributed by atoms with Gasteiger partial charge in [-0.25, -0.2) is 4.98 Å². The number of methoxy groups -OCH3 is 1. The van der Waals surface area contributed by atoms with E-state index in [1.54, 1.807) is 19.4 Å². The van der Waals surface area contributed by atoms with E-state index in [4.69, 9.17) is 10.5 Å². The zero-order chi connectivity index (χ0) is 14.4. The molecule has 0 saturated carbocycles. The molecule has 1 aromatic carbocycles. The van der Waals surface area contributed by atoms with Gasteiger partial charge in [0.1, 0.15) is 6.04 Å². The van der Waals surface area contributed by atoms with Crippen LogP contribution in [0.25, 0.3) is 0 Å². The zero-order valence-corrected chi connectivity index (χ0v) is 11.2. The molecule has 0 aliphatic carbocycles. The van der Waals surface area contributed by atoms with Crippen LogP contribution in [-0.2, 0) is 11.3 Å². The summed E-state index contributed by atoms with van der Waals surface area (Å²) in [6.07, 6.45) is 1.66. The standard InChI is InChI=1S/C15H17N3O2/c1-20-13-8-7-11(9-17-13)10-18-15(19)14(16)12-5-3-2-4-6-12/h2-9,14H,10,16H2,1H3,(H,18,19). The average Bonchev–Trinajstić information content (AvgIpc) is 2.53. The van der Waals surface area contributed by atoms with E-state index in [-0.39, 0.29) is 5.91 Å². The first-order valence-electron chi connectivity index (χ1n) is 6.28. The van der Waals surface area contributed by atoms with Crippen LogP contribution in [0.4, 0.5) is 0 Å². The minimum Gasteiger partial charge on any atom is -0.481 e. The van der Waals surface area contributed by atoms with Crippen molar-refractivity contribution in [2.45, 2.75) is 12.6 Å². The van der Waals surface area contributed by atoms with Gasteiger partial charge in [0.15, 0.2) is 0 Å². The summed E-state index contributed by atoms with van der Waals surface area (Å²) in [6.45, 7) is 0.385.